The van der Waals surface area contributed by atoms with Gasteiger partial charge in [0.2, 0.25) is 5.75 Å². The number of thiol groups is 1. The van der Waals surface area contributed by atoms with Crippen molar-refractivity contribution in [2.45, 2.75) is 6.42 Å². The van der Waals surface area contributed by atoms with Gasteiger partial charge >= 0.3 is 6.03 Å². The number of amides is 2. The number of rotatable bonds is 9. The number of fused-ring (bicyclic) bond motifs is 1. The van der Waals surface area contributed by atoms with E-state index in [0.717, 1.165) is 4.31 Å². The molecule has 10 nitrogen and oxygen atoms in total. The molecule has 2 heterocycles. The molecule has 0 fully saturated rings. The highest BCUT2D eigenvalue weighted by molar-refractivity contribution is 7.78. The Bertz CT molecular complexity index is 1080. The summed E-state index contributed by atoms with van der Waals surface area (Å²) in [6.07, 6.45) is 1.75. The Labute approximate surface area is 189 Å². The quantitative estimate of drug-likeness (QED) is 0.412. The van der Waals surface area contributed by atoms with E-state index in [9.17, 15) is 9.18 Å². The average Bonchev–Trinajstić information content (AvgIpc) is 2.81. The fourth-order valence-electron chi connectivity index (χ4n) is 2.81. The molecule has 0 aliphatic heterocycles. The predicted octanol–water partition coefficient (Wildman–Crippen LogP) is 3.83. The predicted molar refractivity (Wildman–Crippen MR) is 122 cm³/mol. The second kappa shape index (κ2) is 10.7. The van der Waals surface area contributed by atoms with Gasteiger partial charge in [-0.15, -0.1) is 0 Å². The first-order chi connectivity index (χ1) is 15.5. The van der Waals surface area contributed by atoms with Gasteiger partial charge in [-0.25, -0.2) is 19.7 Å². The van der Waals surface area contributed by atoms with E-state index in [1.54, 1.807) is 30.5 Å². The van der Waals surface area contributed by atoms with Crippen LogP contribution in [0.3, 0.4) is 0 Å². The van der Waals surface area contributed by atoms with Crippen molar-refractivity contribution in [3.05, 3.63) is 30.5 Å². The van der Waals surface area contributed by atoms with Crippen LogP contribution in [0.2, 0.25) is 0 Å². The Morgan fingerprint density at radius 3 is 2.41 bits per heavy atom. The van der Waals surface area contributed by atoms with Crippen molar-refractivity contribution in [2.75, 3.05) is 45.2 Å². The van der Waals surface area contributed by atoms with Gasteiger partial charge in [-0.1, -0.05) is 12.8 Å². The number of methoxy groups -OCH3 is 3. The van der Waals surface area contributed by atoms with Crippen molar-refractivity contribution in [1.82, 2.24) is 19.3 Å². The molecule has 0 radical (unpaired) electrons. The molecule has 3 aromatic rings. The maximum Gasteiger partial charge on any atom is 0.332 e. The number of benzene rings is 1. The van der Waals surface area contributed by atoms with Gasteiger partial charge in [0.25, 0.3) is 0 Å². The third-order valence-electron chi connectivity index (χ3n) is 4.32. The lowest BCUT2D eigenvalue weighted by molar-refractivity contribution is 0.237. The molecule has 2 aromatic heterocycles. The highest BCUT2D eigenvalue weighted by atomic mass is 32.1. The first-order valence-corrected chi connectivity index (χ1v) is 9.93. The Morgan fingerprint density at radius 2 is 1.78 bits per heavy atom. The first-order valence-electron chi connectivity index (χ1n) is 9.53. The monoisotopic (exact) mass is 462 g/mol. The molecule has 0 unspecified atom stereocenters. The number of hydrogen-bond acceptors (Lipinski definition) is 9. The summed E-state index contributed by atoms with van der Waals surface area (Å²) in [5.74, 6) is 2.12. The number of urea groups is 1. The average molecular weight is 463 g/mol. The van der Waals surface area contributed by atoms with E-state index in [1.807, 2.05) is 0 Å². The summed E-state index contributed by atoms with van der Waals surface area (Å²) in [7, 11) is 4.58. The number of aromatic nitrogens is 3. The Morgan fingerprint density at radius 1 is 1.09 bits per heavy atom. The number of carbonyl (C=O) groups excluding carboxylic acids is 1. The van der Waals surface area contributed by atoms with Crippen molar-refractivity contribution in [1.29, 1.82) is 0 Å². The van der Waals surface area contributed by atoms with E-state index >= 15 is 0 Å². The van der Waals surface area contributed by atoms with E-state index in [-0.39, 0.29) is 18.8 Å². The molecule has 0 bridgehead atoms. The number of halogens is 1. The Kier molecular flexibility index (Phi) is 7.71. The number of pyridine rings is 1. The Balaban J connectivity index is 1.82. The largest absolute Gasteiger partial charge is 0.493 e. The summed E-state index contributed by atoms with van der Waals surface area (Å²) in [6, 6.07) is 6.22. The van der Waals surface area contributed by atoms with Gasteiger partial charge in [0.05, 0.1) is 34.2 Å². The van der Waals surface area contributed by atoms with E-state index in [0.29, 0.717) is 39.9 Å². The molecular weight excluding hydrogens is 439 g/mol. The summed E-state index contributed by atoms with van der Waals surface area (Å²) in [6.45, 7) is -0.364. The number of anilines is 3. The molecule has 0 atom stereocenters. The number of alkyl halides is 1. The molecule has 170 valence electrons. The molecule has 0 spiro atoms. The van der Waals surface area contributed by atoms with Crippen LogP contribution in [0.1, 0.15) is 6.42 Å². The van der Waals surface area contributed by atoms with Crippen LogP contribution in [0.4, 0.5) is 26.5 Å². The summed E-state index contributed by atoms with van der Waals surface area (Å²) in [4.78, 5) is 25.2. The molecule has 3 rings (SSSR count). The zero-order valence-corrected chi connectivity index (χ0v) is 18.6. The lowest BCUT2D eigenvalue weighted by Gasteiger charge is -2.15. The maximum atomic E-state index is 12.3. The minimum Gasteiger partial charge on any atom is -0.493 e. The highest BCUT2D eigenvalue weighted by Gasteiger charge is 2.14. The smallest absolute Gasteiger partial charge is 0.332 e. The normalized spacial score (nSPS) is 10.5. The summed E-state index contributed by atoms with van der Waals surface area (Å²) in [5.41, 5.74) is 1.49. The van der Waals surface area contributed by atoms with Crippen molar-refractivity contribution in [2.24, 2.45) is 0 Å². The zero-order chi connectivity index (χ0) is 23.1. The molecule has 1 aromatic carbocycles. The van der Waals surface area contributed by atoms with Crippen molar-refractivity contribution < 1.29 is 23.4 Å². The third kappa shape index (κ3) is 5.38. The van der Waals surface area contributed by atoms with Crippen LogP contribution in [0.5, 0.6) is 17.2 Å². The molecule has 32 heavy (non-hydrogen) atoms. The van der Waals surface area contributed by atoms with Crippen LogP contribution in [-0.4, -0.2) is 59.8 Å². The van der Waals surface area contributed by atoms with E-state index < -0.39 is 12.7 Å². The highest BCUT2D eigenvalue weighted by Crippen LogP contribution is 2.40. The van der Waals surface area contributed by atoms with Crippen LogP contribution in [0.15, 0.2) is 30.5 Å². The molecular formula is C20H23FN6O4S. The second-order valence-electron chi connectivity index (χ2n) is 6.43. The van der Waals surface area contributed by atoms with Crippen LogP contribution < -0.4 is 24.8 Å². The molecule has 2 N–H and O–H groups in total. The second-order valence-corrected chi connectivity index (χ2v) is 6.91. The van der Waals surface area contributed by atoms with Crippen molar-refractivity contribution in [3.8, 4) is 17.2 Å². The maximum absolute atomic E-state index is 12.3. The fraction of sp³-hybridized carbons (Fsp3) is 0.300. The third-order valence-corrected chi connectivity index (χ3v) is 4.70. The van der Waals surface area contributed by atoms with Gasteiger partial charge in [-0.3, -0.25) is 14.0 Å². The van der Waals surface area contributed by atoms with E-state index in [1.165, 1.54) is 21.3 Å². The number of nitrogens with zero attached hydrogens (tertiary/aromatic N) is 4. The van der Waals surface area contributed by atoms with Crippen LogP contribution in [0.25, 0.3) is 11.2 Å². The van der Waals surface area contributed by atoms with Crippen molar-refractivity contribution >= 4 is 47.3 Å². The van der Waals surface area contributed by atoms with Gasteiger partial charge in [-0.05, 0) is 18.6 Å². The number of hydrogen-bond donors (Lipinski definition) is 3. The molecule has 0 aliphatic rings. The lowest BCUT2D eigenvalue weighted by atomic mass is 10.2. The summed E-state index contributed by atoms with van der Waals surface area (Å²) < 4.78 is 29.4. The van der Waals surface area contributed by atoms with Crippen LogP contribution >= 0.6 is 12.8 Å². The summed E-state index contributed by atoms with van der Waals surface area (Å²) >= 11 is 4.04. The van der Waals surface area contributed by atoms with Gasteiger partial charge in [0.15, 0.2) is 23.0 Å². The standard InChI is InChI=1S/C20H23FN6O4S/c1-29-14-9-12(10-15(30-2)18(14)31-3)23-17-11-22-13-5-6-16(24-19(13)25-17)26-20(28)27(32)8-4-7-21/h5-6,9-11,32H,4,7-8H2,1-3H3,(H2,23,24,25,26,28). The number of nitrogens with one attached hydrogen (secondary N) is 2. The molecule has 0 saturated heterocycles. The van der Waals surface area contributed by atoms with Gasteiger partial charge in [0.1, 0.15) is 11.3 Å². The fourth-order valence-corrected chi connectivity index (χ4v) is 3.01. The SMILES string of the molecule is COc1cc(Nc2cnc3ccc(NC(=O)N(S)CCCF)nc3n2)cc(OC)c1OC. The van der Waals surface area contributed by atoms with Crippen molar-refractivity contribution in [3.63, 3.8) is 0 Å². The molecule has 2 amide bonds. The summed E-state index contributed by atoms with van der Waals surface area (Å²) in [5, 5.41) is 5.72. The van der Waals surface area contributed by atoms with E-state index in [4.69, 9.17) is 14.2 Å². The number of ether oxygens (including phenoxy) is 3. The lowest BCUT2D eigenvalue weighted by Crippen LogP contribution is -2.28. The minimum atomic E-state index is -0.532. The molecule has 12 heteroatoms. The zero-order valence-electron chi connectivity index (χ0n) is 17.8. The van der Waals surface area contributed by atoms with E-state index in [2.05, 4.69) is 38.4 Å². The van der Waals surface area contributed by atoms with Crippen LogP contribution in [0, 0.1) is 0 Å². The topological polar surface area (TPSA) is 111 Å². The number of carbonyl (C=O) groups is 1. The Hall–Kier alpha value is -3.54. The van der Waals surface area contributed by atoms with Gasteiger partial charge in [-0.2, -0.15) is 0 Å². The van der Waals surface area contributed by atoms with Gasteiger partial charge in [0, 0.05) is 24.4 Å². The molecule has 0 saturated carbocycles. The first kappa shape index (κ1) is 23.1. The minimum absolute atomic E-state index is 0.168. The van der Waals surface area contributed by atoms with Gasteiger partial charge < -0.3 is 19.5 Å². The van der Waals surface area contributed by atoms with Crippen LogP contribution in [-0.2, 0) is 0 Å². The molecule has 0 aliphatic carbocycles.